The number of thiazole rings is 1. The van der Waals surface area contributed by atoms with Crippen molar-refractivity contribution in [3.63, 3.8) is 0 Å². The molecule has 0 atom stereocenters. The predicted molar refractivity (Wildman–Crippen MR) is 88.3 cm³/mol. The molecule has 1 N–H and O–H groups in total. The fraction of sp³-hybridized carbons (Fsp3) is 0.471. The third-order valence-electron chi connectivity index (χ3n) is 3.35. The van der Waals surface area contributed by atoms with Gasteiger partial charge in [-0.25, -0.2) is 9.37 Å². The zero-order valence-corrected chi connectivity index (χ0v) is 14.1. The summed E-state index contributed by atoms with van der Waals surface area (Å²) in [6, 6.07) is 5.65. The van der Waals surface area contributed by atoms with E-state index >= 15 is 0 Å². The van der Waals surface area contributed by atoms with E-state index in [-0.39, 0.29) is 5.82 Å². The Kier molecular flexibility index (Phi) is 5.12. The van der Waals surface area contributed by atoms with Gasteiger partial charge < -0.3 is 5.32 Å². The van der Waals surface area contributed by atoms with Crippen molar-refractivity contribution in [2.75, 3.05) is 0 Å². The van der Waals surface area contributed by atoms with Crippen LogP contribution < -0.4 is 5.32 Å². The highest BCUT2D eigenvalue weighted by Gasteiger charge is 2.16. The first-order chi connectivity index (χ1) is 9.88. The predicted octanol–water partition coefficient (Wildman–Crippen LogP) is 4.88. The largest absolute Gasteiger partial charge is 0.310 e. The summed E-state index contributed by atoms with van der Waals surface area (Å²) in [6.45, 7) is 11.2. The molecule has 0 saturated heterocycles. The fourth-order valence-corrected chi connectivity index (χ4v) is 3.30. The van der Waals surface area contributed by atoms with Crippen molar-refractivity contribution in [2.45, 2.75) is 53.1 Å². The Morgan fingerprint density at radius 1 is 1.24 bits per heavy atom. The summed E-state index contributed by atoms with van der Waals surface area (Å²) < 4.78 is 13.4. The van der Waals surface area contributed by atoms with Gasteiger partial charge in [0.1, 0.15) is 10.8 Å². The van der Waals surface area contributed by atoms with Crippen LogP contribution in [0.3, 0.4) is 0 Å². The van der Waals surface area contributed by atoms with E-state index in [1.54, 1.807) is 18.3 Å². The average molecular weight is 306 g/mol. The van der Waals surface area contributed by atoms with E-state index in [0.717, 1.165) is 22.8 Å². The number of halogens is 1. The van der Waals surface area contributed by atoms with Crippen LogP contribution in [-0.4, -0.2) is 11.0 Å². The van der Waals surface area contributed by atoms with Gasteiger partial charge in [0.15, 0.2) is 0 Å². The van der Waals surface area contributed by atoms with Crippen LogP contribution in [0.1, 0.15) is 49.7 Å². The molecule has 114 valence electrons. The Morgan fingerprint density at radius 3 is 2.52 bits per heavy atom. The molecule has 2 nitrogen and oxygen atoms in total. The van der Waals surface area contributed by atoms with Crippen LogP contribution in [0.5, 0.6) is 0 Å². The number of rotatable bonds is 5. The Hall–Kier alpha value is -1.26. The summed E-state index contributed by atoms with van der Waals surface area (Å²) in [5, 5.41) is 4.43. The van der Waals surface area contributed by atoms with E-state index in [4.69, 9.17) is 4.98 Å². The summed E-state index contributed by atoms with van der Waals surface area (Å²) in [6.07, 6.45) is 0. The van der Waals surface area contributed by atoms with Gasteiger partial charge in [-0.2, -0.15) is 0 Å². The second-order valence-corrected chi connectivity index (χ2v) is 7.07. The number of nitrogens with one attached hydrogen (secondary N) is 1. The molecule has 0 amide bonds. The average Bonchev–Trinajstić information content (AvgIpc) is 2.84. The van der Waals surface area contributed by atoms with E-state index in [1.165, 1.54) is 10.9 Å². The molecule has 0 aliphatic carbocycles. The van der Waals surface area contributed by atoms with Crippen molar-refractivity contribution in [2.24, 2.45) is 0 Å². The van der Waals surface area contributed by atoms with Crippen LogP contribution in [0.2, 0.25) is 0 Å². The summed E-state index contributed by atoms with van der Waals surface area (Å²) in [5.74, 6) is 0.224. The standard InChI is InChI=1S/C17H23FN2S/c1-10(2)16-15(9-19-11(3)4)21-17(20-16)13-6-7-14(18)12(5)8-13/h6-8,10-11,19H,9H2,1-5H3. The molecule has 0 radical (unpaired) electrons. The van der Waals surface area contributed by atoms with Crippen molar-refractivity contribution >= 4 is 11.3 Å². The van der Waals surface area contributed by atoms with Crippen molar-refractivity contribution in [3.8, 4) is 10.6 Å². The molecule has 1 heterocycles. The molecule has 0 fully saturated rings. The highest BCUT2D eigenvalue weighted by molar-refractivity contribution is 7.15. The van der Waals surface area contributed by atoms with E-state index in [2.05, 4.69) is 33.0 Å². The van der Waals surface area contributed by atoms with E-state index in [1.807, 2.05) is 12.1 Å². The van der Waals surface area contributed by atoms with Gasteiger partial charge in [-0.3, -0.25) is 0 Å². The van der Waals surface area contributed by atoms with Crippen molar-refractivity contribution in [3.05, 3.63) is 40.2 Å². The molecule has 1 aromatic heterocycles. The normalized spacial score (nSPS) is 11.6. The maximum atomic E-state index is 13.4. The molecule has 1 aromatic carbocycles. The second-order valence-electron chi connectivity index (χ2n) is 5.98. The van der Waals surface area contributed by atoms with Crippen molar-refractivity contribution in [1.82, 2.24) is 10.3 Å². The molecule has 0 bridgehead atoms. The van der Waals surface area contributed by atoms with Crippen LogP contribution in [0, 0.1) is 12.7 Å². The fourth-order valence-electron chi connectivity index (χ4n) is 2.14. The maximum Gasteiger partial charge on any atom is 0.126 e. The number of nitrogens with zero attached hydrogens (tertiary/aromatic N) is 1. The summed E-state index contributed by atoms with van der Waals surface area (Å²) in [5.41, 5.74) is 2.80. The van der Waals surface area contributed by atoms with E-state index in [9.17, 15) is 4.39 Å². The Bertz CT molecular complexity index is 617. The zero-order valence-electron chi connectivity index (χ0n) is 13.3. The lowest BCUT2D eigenvalue weighted by Gasteiger charge is -2.09. The molecular weight excluding hydrogens is 283 g/mol. The lowest BCUT2D eigenvalue weighted by atomic mass is 10.1. The summed E-state index contributed by atoms with van der Waals surface area (Å²) in [4.78, 5) is 6.06. The van der Waals surface area contributed by atoms with Crippen LogP contribution in [-0.2, 0) is 6.54 Å². The minimum Gasteiger partial charge on any atom is -0.310 e. The maximum absolute atomic E-state index is 13.4. The number of benzene rings is 1. The minimum atomic E-state index is -0.166. The third-order valence-corrected chi connectivity index (χ3v) is 4.47. The first-order valence-electron chi connectivity index (χ1n) is 7.38. The second kappa shape index (κ2) is 6.67. The number of hydrogen-bond donors (Lipinski definition) is 1. The molecule has 0 saturated carbocycles. The molecule has 4 heteroatoms. The van der Waals surface area contributed by atoms with Gasteiger partial charge in [0.2, 0.25) is 0 Å². The Labute approximate surface area is 130 Å². The van der Waals surface area contributed by atoms with Crippen molar-refractivity contribution < 1.29 is 4.39 Å². The van der Waals surface area contributed by atoms with Gasteiger partial charge in [-0.1, -0.05) is 27.7 Å². The van der Waals surface area contributed by atoms with Crippen LogP contribution in [0.25, 0.3) is 10.6 Å². The van der Waals surface area contributed by atoms with Gasteiger partial charge in [0.25, 0.3) is 0 Å². The van der Waals surface area contributed by atoms with Crippen molar-refractivity contribution in [1.29, 1.82) is 0 Å². The third kappa shape index (κ3) is 3.89. The molecular formula is C17H23FN2S. The van der Waals surface area contributed by atoms with Gasteiger partial charge in [-0.05, 0) is 36.6 Å². The van der Waals surface area contributed by atoms with Crippen LogP contribution in [0.15, 0.2) is 18.2 Å². The quantitative estimate of drug-likeness (QED) is 0.851. The Morgan fingerprint density at radius 2 is 1.95 bits per heavy atom. The SMILES string of the molecule is Cc1cc(-c2nc(C(C)C)c(CNC(C)C)s2)ccc1F. The smallest absolute Gasteiger partial charge is 0.126 e. The van der Waals surface area contributed by atoms with Gasteiger partial charge >= 0.3 is 0 Å². The highest BCUT2D eigenvalue weighted by Crippen LogP contribution is 2.32. The topological polar surface area (TPSA) is 24.9 Å². The Balaban J connectivity index is 2.36. The van der Waals surface area contributed by atoms with Crippen LogP contribution >= 0.6 is 11.3 Å². The molecule has 2 aromatic rings. The van der Waals surface area contributed by atoms with Gasteiger partial charge in [0, 0.05) is 23.0 Å². The lowest BCUT2D eigenvalue weighted by Crippen LogP contribution is -2.22. The molecule has 0 aliphatic heterocycles. The molecule has 2 rings (SSSR count). The lowest BCUT2D eigenvalue weighted by molar-refractivity contribution is 0.588. The monoisotopic (exact) mass is 306 g/mol. The van der Waals surface area contributed by atoms with E-state index in [0.29, 0.717) is 17.5 Å². The first-order valence-corrected chi connectivity index (χ1v) is 8.19. The van der Waals surface area contributed by atoms with Crippen LogP contribution in [0.4, 0.5) is 4.39 Å². The summed E-state index contributed by atoms with van der Waals surface area (Å²) >= 11 is 1.70. The van der Waals surface area contributed by atoms with Gasteiger partial charge in [0.05, 0.1) is 5.69 Å². The summed E-state index contributed by atoms with van der Waals surface area (Å²) in [7, 11) is 0. The number of hydrogen-bond acceptors (Lipinski definition) is 3. The van der Waals surface area contributed by atoms with Gasteiger partial charge in [-0.15, -0.1) is 11.3 Å². The highest BCUT2D eigenvalue weighted by atomic mass is 32.1. The first kappa shape index (κ1) is 16.1. The number of aryl methyl sites for hydroxylation is 1. The van der Waals surface area contributed by atoms with E-state index < -0.39 is 0 Å². The molecule has 21 heavy (non-hydrogen) atoms. The molecule has 0 unspecified atom stereocenters. The minimum absolute atomic E-state index is 0.166. The molecule has 0 aliphatic rings. The molecule has 0 spiro atoms. The number of aromatic nitrogens is 1. The zero-order chi connectivity index (χ0) is 15.6.